The van der Waals surface area contributed by atoms with E-state index in [9.17, 15) is 9.59 Å². The lowest BCUT2D eigenvalue weighted by Gasteiger charge is -2.17. The number of hydrogen-bond acceptors (Lipinski definition) is 6. The molecular weight excluding hydrogens is 288 g/mol. The van der Waals surface area contributed by atoms with Crippen molar-refractivity contribution in [3.05, 3.63) is 0 Å². The second-order valence-electron chi connectivity index (χ2n) is 6.34. The summed E-state index contributed by atoms with van der Waals surface area (Å²) in [6.07, 6.45) is 0.881. The molecule has 0 bridgehead atoms. The molecule has 0 aromatic carbocycles. The molecular formula is C16H26O6. The van der Waals surface area contributed by atoms with Crippen LogP contribution in [0, 0.1) is 5.92 Å². The highest BCUT2D eigenvalue weighted by atomic mass is 16.7. The summed E-state index contributed by atoms with van der Waals surface area (Å²) in [5.74, 6) is 0.000853. The molecule has 0 saturated carbocycles. The van der Waals surface area contributed by atoms with Crippen LogP contribution in [0.1, 0.15) is 46.5 Å². The molecule has 0 aromatic heterocycles. The summed E-state index contributed by atoms with van der Waals surface area (Å²) in [6.45, 7) is 6.65. The van der Waals surface area contributed by atoms with Crippen LogP contribution < -0.4 is 0 Å². The summed E-state index contributed by atoms with van der Waals surface area (Å²) in [4.78, 5) is 23.4. The maximum Gasteiger partial charge on any atom is 0.306 e. The molecule has 2 saturated heterocycles. The SMILES string of the molecule is CCCC(=O)O[C@H]1CO[C@H]2[C@@H]1OC[C@@H]2OC(=O)CCC(C)C. The van der Waals surface area contributed by atoms with Gasteiger partial charge in [0.2, 0.25) is 0 Å². The molecule has 2 heterocycles. The Bertz CT molecular complexity index is 394. The quantitative estimate of drug-likeness (QED) is 0.668. The smallest absolute Gasteiger partial charge is 0.306 e. The van der Waals surface area contributed by atoms with Crippen LogP contribution in [0.2, 0.25) is 0 Å². The topological polar surface area (TPSA) is 71.1 Å². The monoisotopic (exact) mass is 314 g/mol. The zero-order chi connectivity index (χ0) is 16.1. The van der Waals surface area contributed by atoms with Crippen LogP contribution >= 0.6 is 0 Å². The highest BCUT2D eigenvalue weighted by molar-refractivity contribution is 5.70. The molecule has 126 valence electrons. The largest absolute Gasteiger partial charge is 0.457 e. The Labute approximate surface area is 131 Å². The van der Waals surface area contributed by atoms with Gasteiger partial charge < -0.3 is 18.9 Å². The van der Waals surface area contributed by atoms with Gasteiger partial charge in [0.1, 0.15) is 12.2 Å². The first-order valence-electron chi connectivity index (χ1n) is 8.13. The molecule has 2 aliphatic heterocycles. The number of ether oxygens (including phenoxy) is 4. The Morgan fingerprint density at radius 1 is 1.00 bits per heavy atom. The van der Waals surface area contributed by atoms with Crippen LogP contribution in [0.3, 0.4) is 0 Å². The van der Waals surface area contributed by atoms with Gasteiger partial charge in [-0.05, 0) is 18.8 Å². The van der Waals surface area contributed by atoms with E-state index in [2.05, 4.69) is 13.8 Å². The third kappa shape index (κ3) is 4.43. The molecule has 4 atom stereocenters. The number of esters is 2. The van der Waals surface area contributed by atoms with Crippen molar-refractivity contribution in [2.45, 2.75) is 70.9 Å². The van der Waals surface area contributed by atoms with Crippen LogP contribution in [0.4, 0.5) is 0 Å². The average Bonchev–Trinajstić information content (AvgIpc) is 3.01. The predicted octanol–water partition coefficient (Wildman–Crippen LogP) is 1.84. The van der Waals surface area contributed by atoms with E-state index in [1.165, 1.54) is 0 Å². The number of hydrogen-bond donors (Lipinski definition) is 0. The normalized spacial score (nSPS) is 30.4. The maximum absolute atomic E-state index is 11.8. The first-order valence-corrected chi connectivity index (χ1v) is 8.13. The first kappa shape index (κ1) is 17.2. The van der Waals surface area contributed by atoms with Gasteiger partial charge in [-0.3, -0.25) is 9.59 Å². The molecule has 2 aliphatic rings. The fourth-order valence-electron chi connectivity index (χ4n) is 2.70. The maximum atomic E-state index is 11.8. The third-order valence-corrected chi connectivity index (χ3v) is 3.91. The number of carbonyl (C=O) groups is 2. The van der Waals surface area contributed by atoms with Crippen LogP contribution in [-0.4, -0.2) is 49.6 Å². The van der Waals surface area contributed by atoms with E-state index in [-0.39, 0.29) is 24.1 Å². The second kappa shape index (κ2) is 7.92. The molecule has 22 heavy (non-hydrogen) atoms. The van der Waals surface area contributed by atoms with Gasteiger partial charge in [-0.1, -0.05) is 20.8 Å². The van der Waals surface area contributed by atoms with Crippen molar-refractivity contribution in [3.8, 4) is 0 Å². The molecule has 0 aliphatic carbocycles. The summed E-state index contributed by atoms with van der Waals surface area (Å²) >= 11 is 0. The van der Waals surface area contributed by atoms with Crippen LogP contribution in [0.5, 0.6) is 0 Å². The van der Waals surface area contributed by atoms with Crippen molar-refractivity contribution < 1.29 is 28.5 Å². The lowest BCUT2D eigenvalue weighted by atomic mass is 10.1. The van der Waals surface area contributed by atoms with Crippen molar-refractivity contribution in [2.75, 3.05) is 13.2 Å². The molecule has 0 radical (unpaired) electrons. The summed E-state index contributed by atoms with van der Waals surface area (Å²) < 4.78 is 22.1. The average molecular weight is 314 g/mol. The van der Waals surface area contributed by atoms with Gasteiger partial charge in [-0.2, -0.15) is 0 Å². The van der Waals surface area contributed by atoms with Crippen molar-refractivity contribution >= 4 is 11.9 Å². The van der Waals surface area contributed by atoms with E-state index in [1.807, 2.05) is 6.92 Å². The molecule has 2 rings (SSSR count). The van der Waals surface area contributed by atoms with E-state index in [0.29, 0.717) is 32.0 Å². The molecule has 6 nitrogen and oxygen atoms in total. The molecule has 0 unspecified atom stereocenters. The lowest BCUT2D eigenvalue weighted by Crippen LogP contribution is -2.35. The van der Waals surface area contributed by atoms with Gasteiger partial charge in [0, 0.05) is 12.8 Å². The van der Waals surface area contributed by atoms with Gasteiger partial charge in [0.15, 0.2) is 12.2 Å². The van der Waals surface area contributed by atoms with E-state index in [4.69, 9.17) is 18.9 Å². The summed E-state index contributed by atoms with van der Waals surface area (Å²) in [6, 6.07) is 0. The van der Waals surface area contributed by atoms with Gasteiger partial charge in [-0.25, -0.2) is 0 Å². The first-order chi connectivity index (χ1) is 10.5. The fourth-order valence-corrected chi connectivity index (χ4v) is 2.70. The molecule has 0 amide bonds. The van der Waals surface area contributed by atoms with Crippen molar-refractivity contribution in [3.63, 3.8) is 0 Å². The highest BCUT2D eigenvalue weighted by Gasteiger charge is 2.51. The zero-order valence-electron chi connectivity index (χ0n) is 13.6. The lowest BCUT2D eigenvalue weighted by molar-refractivity contribution is -0.155. The standard InChI is InChI=1S/C16H26O6/c1-4-5-13(17)21-11-8-19-16-12(9-20-15(11)16)22-14(18)7-6-10(2)3/h10-12,15-16H,4-9H2,1-3H3/t11-,12-,15+,16+/m0/s1. The van der Waals surface area contributed by atoms with E-state index < -0.39 is 12.2 Å². The Balaban J connectivity index is 1.80. The molecule has 0 aromatic rings. The predicted molar refractivity (Wildman–Crippen MR) is 78.2 cm³/mol. The molecule has 0 spiro atoms. The van der Waals surface area contributed by atoms with Gasteiger partial charge in [-0.15, -0.1) is 0 Å². The molecule has 2 fully saturated rings. The summed E-state index contributed by atoms with van der Waals surface area (Å²) in [7, 11) is 0. The second-order valence-corrected chi connectivity index (χ2v) is 6.34. The Morgan fingerprint density at radius 2 is 1.50 bits per heavy atom. The Kier molecular flexibility index (Phi) is 6.20. The highest BCUT2D eigenvalue weighted by Crippen LogP contribution is 2.31. The summed E-state index contributed by atoms with van der Waals surface area (Å²) in [5.41, 5.74) is 0. The molecule has 0 N–H and O–H groups in total. The van der Waals surface area contributed by atoms with Gasteiger partial charge in [0.05, 0.1) is 13.2 Å². The van der Waals surface area contributed by atoms with Crippen molar-refractivity contribution in [2.24, 2.45) is 5.92 Å². The van der Waals surface area contributed by atoms with Gasteiger partial charge >= 0.3 is 11.9 Å². The van der Waals surface area contributed by atoms with Gasteiger partial charge in [0.25, 0.3) is 0 Å². The Hall–Kier alpha value is -1.14. The minimum Gasteiger partial charge on any atom is -0.457 e. The van der Waals surface area contributed by atoms with E-state index in [1.54, 1.807) is 0 Å². The third-order valence-electron chi connectivity index (χ3n) is 3.91. The minimum absolute atomic E-state index is 0.224. The number of rotatable bonds is 7. The minimum atomic E-state index is -0.403. The van der Waals surface area contributed by atoms with Crippen molar-refractivity contribution in [1.82, 2.24) is 0 Å². The number of fused-ring (bicyclic) bond motifs is 1. The van der Waals surface area contributed by atoms with Crippen LogP contribution in [0.25, 0.3) is 0 Å². The summed E-state index contributed by atoms with van der Waals surface area (Å²) in [5, 5.41) is 0. The van der Waals surface area contributed by atoms with E-state index >= 15 is 0 Å². The van der Waals surface area contributed by atoms with Crippen LogP contribution in [-0.2, 0) is 28.5 Å². The fraction of sp³-hybridized carbons (Fsp3) is 0.875. The number of carbonyl (C=O) groups excluding carboxylic acids is 2. The van der Waals surface area contributed by atoms with Crippen LogP contribution in [0.15, 0.2) is 0 Å². The van der Waals surface area contributed by atoms with E-state index in [0.717, 1.165) is 12.8 Å². The zero-order valence-corrected chi connectivity index (χ0v) is 13.6. The van der Waals surface area contributed by atoms with Crippen molar-refractivity contribution in [1.29, 1.82) is 0 Å². The Morgan fingerprint density at radius 3 is 1.95 bits per heavy atom. The molecule has 6 heteroatoms.